The molecule has 1 heterocycles. The maximum Gasteiger partial charge on any atom is 0.288 e. The molecule has 0 aliphatic rings. The van der Waals surface area contributed by atoms with E-state index in [0.717, 1.165) is 9.99 Å². The molecule has 5 heteroatoms. The molecule has 0 N–H and O–H groups in total. The molecule has 14 heavy (non-hydrogen) atoms. The Kier molecular flexibility index (Phi) is 2.33. The highest BCUT2D eigenvalue weighted by molar-refractivity contribution is 9.10. The lowest BCUT2D eigenvalue weighted by Gasteiger charge is -2.05. The van der Waals surface area contributed by atoms with E-state index < -0.39 is 0 Å². The van der Waals surface area contributed by atoms with Gasteiger partial charge in [0.1, 0.15) is 5.52 Å². The van der Waals surface area contributed by atoms with Gasteiger partial charge in [-0.3, -0.25) is 4.79 Å². The van der Waals surface area contributed by atoms with Gasteiger partial charge in [-0.05, 0) is 28.1 Å². The lowest BCUT2D eigenvalue weighted by atomic mass is 10.3. The van der Waals surface area contributed by atoms with E-state index in [1.807, 2.05) is 18.2 Å². The highest BCUT2D eigenvalue weighted by Gasteiger charge is 2.07. The van der Waals surface area contributed by atoms with Gasteiger partial charge in [-0.25, -0.2) is 4.98 Å². The molecule has 2 aromatic rings. The van der Waals surface area contributed by atoms with Gasteiger partial charge in [0.15, 0.2) is 5.15 Å². The number of rotatable bonds is 0. The number of hydrogen-bond donors (Lipinski definition) is 0. The maximum atomic E-state index is 11.4. The molecular formula is C9H6BrClN2O. The topological polar surface area (TPSA) is 34.9 Å². The van der Waals surface area contributed by atoms with Crippen LogP contribution in [0.2, 0.25) is 5.15 Å². The molecule has 0 unspecified atom stereocenters. The van der Waals surface area contributed by atoms with Crippen LogP contribution in [0, 0.1) is 0 Å². The molecule has 0 aliphatic carbocycles. The fourth-order valence-corrected chi connectivity index (χ4v) is 1.93. The molecule has 72 valence electrons. The third-order valence-corrected chi connectivity index (χ3v) is 2.90. The molecule has 0 saturated carbocycles. The van der Waals surface area contributed by atoms with Crippen molar-refractivity contribution in [3.05, 3.63) is 38.2 Å². The average molecular weight is 274 g/mol. The second-order valence-electron chi connectivity index (χ2n) is 2.87. The second kappa shape index (κ2) is 3.37. The van der Waals surface area contributed by atoms with E-state index in [0.29, 0.717) is 5.52 Å². The number of nitrogens with zero attached hydrogens (tertiary/aromatic N) is 2. The van der Waals surface area contributed by atoms with Crippen molar-refractivity contribution in [3.8, 4) is 0 Å². The molecule has 2 rings (SSSR count). The zero-order chi connectivity index (χ0) is 10.3. The highest BCUT2D eigenvalue weighted by atomic mass is 79.9. The number of halogens is 2. The molecule has 3 nitrogen and oxygen atoms in total. The molecular weight excluding hydrogens is 267 g/mol. The Labute approximate surface area is 93.5 Å². The summed E-state index contributed by atoms with van der Waals surface area (Å²) >= 11 is 9.05. The summed E-state index contributed by atoms with van der Waals surface area (Å²) in [5.74, 6) is 0. The quantitative estimate of drug-likeness (QED) is 0.738. The molecule has 1 aromatic carbocycles. The summed E-state index contributed by atoms with van der Waals surface area (Å²) in [5, 5.41) is -0.00750. The van der Waals surface area contributed by atoms with E-state index in [9.17, 15) is 4.79 Å². The molecule has 0 spiro atoms. The van der Waals surface area contributed by atoms with Gasteiger partial charge in [0.25, 0.3) is 5.56 Å². The van der Waals surface area contributed by atoms with Crippen molar-refractivity contribution in [2.45, 2.75) is 0 Å². The minimum Gasteiger partial charge on any atom is -0.307 e. The van der Waals surface area contributed by atoms with Crippen molar-refractivity contribution in [2.24, 2.45) is 7.05 Å². The summed E-state index contributed by atoms with van der Waals surface area (Å²) in [6, 6.07) is 5.53. The Morgan fingerprint density at radius 2 is 2.21 bits per heavy atom. The minimum atomic E-state index is -0.280. The number of para-hydroxylation sites is 1. The van der Waals surface area contributed by atoms with Crippen LogP contribution in [0.25, 0.3) is 11.0 Å². The normalized spacial score (nSPS) is 10.8. The zero-order valence-electron chi connectivity index (χ0n) is 7.29. The van der Waals surface area contributed by atoms with Gasteiger partial charge in [-0.1, -0.05) is 17.7 Å². The predicted molar refractivity (Wildman–Crippen MR) is 59.7 cm³/mol. The summed E-state index contributed by atoms with van der Waals surface area (Å²) in [4.78, 5) is 15.5. The third-order valence-electron chi connectivity index (χ3n) is 2.02. The summed E-state index contributed by atoms with van der Waals surface area (Å²) in [7, 11) is 1.67. The average Bonchev–Trinajstić information content (AvgIpc) is 2.17. The predicted octanol–water partition coefficient (Wildman–Crippen LogP) is 2.35. The molecule has 0 radical (unpaired) electrons. The number of hydrogen-bond acceptors (Lipinski definition) is 2. The first-order chi connectivity index (χ1) is 6.61. The SMILES string of the molecule is Cn1c(=O)c(Cl)nc2c(Br)cccc21. The Morgan fingerprint density at radius 3 is 2.93 bits per heavy atom. The van der Waals surface area contributed by atoms with Gasteiger partial charge >= 0.3 is 0 Å². The van der Waals surface area contributed by atoms with Crippen LogP contribution in [0.3, 0.4) is 0 Å². The lowest BCUT2D eigenvalue weighted by Crippen LogP contribution is -2.18. The zero-order valence-corrected chi connectivity index (χ0v) is 9.63. The Morgan fingerprint density at radius 1 is 1.50 bits per heavy atom. The van der Waals surface area contributed by atoms with Crippen molar-refractivity contribution in [1.29, 1.82) is 0 Å². The molecule has 0 atom stereocenters. The van der Waals surface area contributed by atoms with Crippen LogP contribution in [-0.4, -0.2) is 9.55 Å². The van der Waals surface area contributed by atoms with Crippen molar-refractivity contribution < 1.29 is 0 Å². The number of aromatic nitrogens is 2. The van der Waals surface area contributed by atoms with Crippen LogP contribution in [0.5, 0.6) is 0 Å². The van der Waals surface area contributed by atoms with Gasteiger partial charge in [-0.2, -0.15) is 0 Å². The first-order valence-electron chi connectivity index (χ1n) is 3.92. The van der Waals surface area contributed by atoms with E-state index >= 15 is 0 Å². The molecule has 1 aromatic heterocycles. The molecule has 0 amide bonds. The molecule has 0 bridgehead atoms. The van der Waals surface area contributed by atoms with Crippen LogP contribution in [0.4, 0.5) is 0 Å². The van der Waals surface area contributed by atoms with Gasteiger partial charge in [0.05, 0.1) is 5.52 Å². The summed E-state index contributed by atoms with van der Waals surface area (Å²) in [6.07, 6.45) is 0. The van der Waals surface area contributed by atoms with Crippen molar-refractivity contribution in [1.82, 2.24) is 9.55 Å². The van der Waals surface area contributed by atoms with Crippen LogP contribution in [0.1, 0.15) is 0 Å². The van der Waals surface area contributed by atoms with E-state index in [1.165, 1.54) is 4.57 Å². The Bertz CT molecular complexity index is 564. The van der Waals surface area contributed by atoms with Gasteiger partial charge < -0.3 is 4.57 Å². The summed E-state index contributed by atoms with van der Waals surface area (Å²) < 4.78 is 2.31. The Hall–Kier alpha value is -0.870. The molecule has 0 fully saturated rings. The largest absolute Gasteiger partial charge is 0.307 e. The van der Waals surface area contributed by atoms with Gasteiger partial charge in [-0.15, -0.1) is 0 Å². The number of aryl methyl sites for hydroxylation is 1. The summed E-state index contributed by atoms with van der Waals surface area (Å²) in [6.45, 7) is 0. The van der Waals surface area contributed by atoms with Gasteiger partial charge in [0.2, 0.25) is 0 Å². The second-order valence-corrected chi connectivity index (χ2v) is 4.09. The lowest BCUT2D eigenvalue weighted by molar-refractivity contribution is 0.891. The first kappa shape index (κ1) is 9.68. The van der Waals surface area contributed by atoms with Gasteiger partial charge in [0, 0.05) is 11.5 Å². The minimum absolute atomic E-state index is 0.00750. The van der Waals surface area contributed by atoms with E-state index in [4.69, 9.17) is 11.6 Å². The van der Waals surface area contributed by atoms with Crippen molar-refractivity contribution >= 4 is 38.6 Å². The fraction of sp³-hybridized carbons (Fsp3) is 0.111. The van der Waals surface area contributed by atoms with E-state index in [-0.39, 0.29) is 10.7 Å². The smallest absolute Gasteiger partial charge is 0.288 e. The van der Waals surface area contributed by atoms with E-state index in [1.54, 1.807) is 7.05 Å². The number of benzene rings is 1. The molecule has 0 aliphatic heterocycles. The summed E-state index contributed by atoms with van der Waals surface area (Å²) in [5.41, 5.74) is 1.17. The number of fused-ring (bicyclic) bond motifs is 1. The van der Waals surface area contributed by atoms with Crippen molar-refractivity contribution in [2.75, 3.05) is 0 Å². The van der Waals surface area contributed by atoms with Crippen LogP contribution >= 0.6 is 27.5 Å². The Balaban J connectivity index is 3.06. The van der Waals surface area contributed by atoms with Crippen molar-refractivity contribution in [3.63, 3.8) is 0 Å². The molecule has 0 saturated heterocycles. The maximum absolute atomic E-state index is 11.4. The van der Waals surface area contributed by atoms with Crippen LogP contribution < -0.4 is 5.56 Å². The monoisotopic (exact) mass is 272 g/mol. The third kappa shape index (κ3) is 1.35. The highest BCUT2D eigenvalue weighted by Crippen LogP contribution is 2.21. The first-order valence-corrected chi connectivity index (χ1v) is 5.09. The fourth-order valence-electron chi connectivity index (χ4n) is 1.28. The van der Waals surface area contributed by atoms with E-state index in [2.05, 4.69) is 20.9 Å². The van der Waals surface area contributed by atoms with Crippen LogP contribution in [-0.2, 0) is 7.05 Å². The standard InChI is InChI=1S/C9H6BrClN2O/c1-13-6-4-2-3-5(10)7(6)12-8(11)9(13)14/h2-4H,1H3. The van der Waals surface area contributed by atoms with Crippen LogP contribution in [0.15, 0.2) is 27.5 Å².